The van der Waals surface area contributed by atoms with E-state index in [1.165, 1.54) is 6.42 Å². The molecule has 5 heteroatoms. The Bertz CT molecular complexity index is 316. The normalized spacial score (nSPS) is 27.4. The summed E-state index contributed by atoms with van der Waals surface area (Å²) in [6.07, 6.45) is 2.91. The highest BCUT2D eigenvalue weighted by molar-refractivity contribution is 7.15. The summed E-state index contributed by atoms with van der Waals surface area (Å²) in [6, 6.07) is 0.387. The zero-order valence-corrected chi connectivity index (χ0v) is 10.4. The van der Waals surface area contributed by atoms with Gasteiger partial charge in [0.05, 0.1) is 12.2 Å². The Hall–Kier alpha value is -0.160. The predicted octanol–water partition coefficient (Wildman–Crippen LogP) is 2.14. The Morgan fingerprint density at radius 2 is 2.53 bits per heavy atom. The minimum Gasteiger partial charge on any atom is -0.330 e. The fourth-order valence-electron chi connectivity index (χ4n) is 2.29. The smallest absolute Gasteiger partial charge is 0.113 e. The van der Waals surface area contributed by atoms with Crippen LogP contribution in [0, 0.1) is 5.92 Å². The number of aromatic nitrogens is 1. The van der Waals surface area contributed by atoms with Crippen molar-refractivity contribution >= 4 is 22.9 Å². The summed E-state index contributed by atoms with van der Waals surface area (Å²) < 4.78 is 0.767. The molecule has 1 fully saturated rings. The van der Waals surface area contributed by atoms with Gasteiger partial charge in [0.2, 0.25) is 0 Å². The third kappa shape index (κ3) is 2.18. The monoisotopic (exact) mass is 245 g/mol. The van der Waals surface area contributed by atoms with Gasteiger partial charge in [-0.2, -0.15) is 0 Å². The van der Waals surface area contributed by atoms with E-state index in [2.05, 4.69) is 16.8 Å². The van der Waals surface area contributed by atoms with Crippen molar-refractivity contribution in [3.8, 4) is 0 Å². The van der Waals surface area contributed by atoms with Crippen molar-refractivity contribution in [2.45, 2.75) is 19.4 Å². The van der Waals surface area contributed by atoms with Crippen LogP contribution in [0.15, 0.2) is 6.20 Å². The van der Waals surface area contributed by atoms with Crippen LogP contribution in [0.25, 0.3) is 0 Å². The van der Waals surface area contributed by atoms with Crippen LogP contribution in [0.5, 0.6) is 0 Å². The van der Waals surface area contributed by atoms with E-state index in [4.69, 9.17) is 17.3 Å². The number of likely N-dealkylation sites (tertiary alicyclic amines) is 1. The second-order valence-corrected chi connectivity index (χ2v) is 5.55. The first-order valence-electron chi connectivity index (χ1n) is 5.31. The summed E-state index contributed by atoms with van der Waals surface area (Å²) in [4.78, 5) is 6.82. The SMILES string of the molecule is CCN1CCC(CN)C1c1ncc(Cl)s1. The molecular formula is C10H16ClN3S. The maximum atomic E-state index is 5.93. The lowest BCUT2D eigenvalue weighted by atomic mass is 10.0. The molecular weight excluding hydrogens is 230 g/mol. The summed E-state index contributed by atoms with van der Waals surface area (Å²) in [5.41, 5.74) is 5.80. The van der Waals surface area contributed by atoms with E-state index in [9.17, 15) is 0 Å². The van der Waals surface area contributed by atoms with Crippen molar-refractivity contribution in [1.29, 1.82) is 0 Å². The highest BCUT2D eigenvalue weighted by Crippen LogP contribution is 2.38. The van der Waals surface area contributed by atoms with Crippen LogP contribution >= 0.6 is 22.9 Å². The van der Waals surface area contributed by atoms with Crippen molar-refractivity contribution in [2.24, 2.45) is 11.7 Å². The van der Waals surface area contributed by atoms with E-state index in [0.717, 1.165) is 29.0 Å². The minimum absolute atomic E-state index is 0.387. The lowest BCUT2D eigenvalue weighted by Crippen LogP contribution is -2.27. The van der Waals surface area contributed by atoms with Gasteiger partial charge in [-0.1, -0.05) is 18.5 Å². The Labute approximate surface area is 99.2 Å². The van der Waals surface area contributed by atoms with Gasteiger partial charge in [0.15, 0.2) is 0 Å². The predicted molar refractivity (Wildman–Crippen MR) is 64.3 cm³/mol. The van der Waals surface area contributed by atoms with Gasteiger partial charge in [-0.15, -0.1) is 11.3 Å². The molecule has 1 aliphatic heterocycles. The van der Waals surface area contributed by atoms with Crippen molar-refractivity contribution < 1.29 is 0 Å². The summed E-state index contributed by atoms with van der Waals surface area (Å²) in [5.74, 6) is 0.534. The molecule has 1 aromatic rings. The fraction of sp³-hybridized carbons (Fsp3) is 0.700. The average Bonchev–Trinajstić information content (AvgIpc) is 2.82. The molecule has 15 heavy (non-hydrogen) atoms. The molecule has 2 N–H and O–H groups in total. The third-order valence-corrected chi connectivity index (χ3v) is 4.27. The van der Waals surface area contributed by atoms with Crippen LogP contribution in [0.4, 0.5) is 0 Å². The van der Waals surface area contributed by atoms with Crippen molar-refractivity contribution in [1.82, 2.24) is 9.88 Å². The number of thiazole rings is 1. The topological polar surface area (TPSA) is 42.1 Å². The third-order valence-electron chi connectivity index (χ3n) is 3.08. The van der Waals surface area contributed by atoms with E-state index in [1.807, 2.05) is 0 Å². The second kappa shape index (κ2) is 4.78. The summed E-state index contributed by atoms with van der Waals surface area (Å²) >= 11 is 7.51. The van der Waals surface area contributed by atoms with Crippen LogP contribution in [-0.4, -0.2) is 29.5 Å². The molecule has 1 aliphatic rings. The van der Waals surface area contributed by atoms with Crippen LogP contribution in [-0.2, 0) is 0 Å². The lowest BCUT2D eigenvalue weighted by Gasteiger charge is -2.24. The van der Waals surface area contributed by atoms with E-state index in [1.54, 1.807) is 17.5 Å². The Balaban J connectivity index is 2.22. The highest BCUT2D eigenvalue weighted by atomic mass is 35.5. The van der Waals surface area contributed by atoms with Crippen LogP contribution in [0.1, 0.15) is 24.4 Å². The number of rotatable bonds is 3. The first-order chi connectivity index (χ1) is 7.26. The molecule has 0 spiro atoms. The lowest BCUT2D eigenvalue weighted by molar-refractivity contribution is 0.241. The summed E-state index contributed by atoms with van der Waals surface area (Å²) in [6.45, 7) is 5.10. The zero-order chi connectivity index (χ0) is 10.8. The van der Waals surface area contributed by atoms with E-state index in [-0.39, 0.29) is 0 Å². The molecule has 3 nitrogen and oxygen atoms in total. The maximum absolute atomic E-state index is 5.93. The molecule has 84 valence electrons. The molecule has 2 atom stereocenters. The molecule has 0 aliphatic carbocycles. The number of hydrogen-bond acceptors (Lipinski definition) is 4. The van der Waals surface area contributed by atoms with E-state index in [0.29, 0.717) is 12.0 Å². The number of nitrogens with zero attached hydrogens (tertiary/aromatic N) is 2. The second-order valence-electron chi connectivity index (χ2n) is 3.86. The molecule has 2 rings (SSSR count). The molecule has 1 aromatic heterocycles. The quantitative estimate of drug-likeness (QED) is 0.887. The molecule has 0 saturated carbocycles. The van der Waals surface area contributed by atoms with Crippen molar-refractivity contribution in [3.63, 3.8) is 0 Å². The minimum atomic E-state index is 0.387. The summed E-state index contributed by atoms with van der Waals surface area (Å²) in [7, 11) is 0. The first kappa shape index (κ1) is 11.3. The van der Waals surface area contributed by atoms with Crippen molar-refractivity contribution in [3.05, 3.63) is 15.5 Å². The highest BCUT2D eigenvalue weighted by Gasteiger charge is 2.35. The number of hydrogen-bond donors (Lipinski definition) is 1. The molecule has 0 bridgehead atoms. The van der Waals surface area contributed by atoms with Gasteiger partial charge < -0.3 is 5.73 Å². The summed E-state index contributed by atoms with van der Waals surface area (Å²) in [5, 5.41) is 1.12. The van der Waals surface area contributed by atoms with Crippen LogP contribution in [0.3, 0.4) is 0 Å². The van der Waals surface area contributed by atoms with E-state index >= 15 is 0 Å². The van der Waals surface area contributed by atoms with Gasteiger partial charge >= 0.3 is 0 Å². The van der Waals surface area contributed by atoms with Gasteiger partial charge in [-0.05, 0) is 32.0 Å². The Morgan fingerprint density at radius 1 is 1.73 bits per heavy atom. The van der Waals surface area contributed by atoms with Gasteiger partial charge in [-0.3, -0.25) is 4.90 Å². The van der Waals surface area contributed by atoms with Crippen LogP contribution < -0.4 is 5.73 Å². The van der Waals surface area contributed by atoms with Crippen LogP contribution in [0.2, 0.25) is 4.34 Å². The molecule has 0 aromatic carbocycles. The van der Waals surface area contributed by atoms with Gasteiger partial charge in [-0.25, -0.2) is 4.98 Å². The Kier molecular flexibility index (Phi) is 3.61. The fourth-order valence-corrected chi connectivity index (χ4v) is 3.45. The molecule has 1 saturated heterocycles. The molecule has 2 unspecified atom stereocenters. The average molecular weight is 246 g/mol. The number of nitrogens with two attached hydrogens (primary N) is 1. The van der Waals surface area contributed by atoms with Crippen molar-refractivity contribution in [2.75, 3.05) is 19.6 Å². The molecule has 0 radical (unpaired) electrons. The Morgan fingerprint density at radius 3 is 3.07 bits per heavy atom. The standard InChI is InChI=1S/C10H16ClN3S/c1-2-14-4-3-7(5-12)9(14)10-13-6-8(11)15-10/h6-7,9H,2-5,12H2,1H3. The molecule has 0 amide bonds. The number of halogens is 1. The maximum Gasteiger partial charge on any atom is 0.113 e. The molecule has 2 heterocycles. The van der Waals surface area contributed by atoms with Gasteiger partial charge in [0.25, 0.3) is 0 Å². The van der Waals surface area contributed by atoms with Gasteiger partial charge in [0, 0.05) is 0 Å². The first-order valence-corrected chi connectivity index (χ1v) is 6.51. The van der Waals surface area contributed by atoms with Gasteiger partial charge in [0.1, 0.15) is 9.34 Å². The van der Waals surface area contributed by atoms with E-state index < -0.39 is 0 Å². The zero-order valence-electron chi connectivity index (χ0n) is 8.82. The largest absolute Gasteiger partial charge is 0.330 e.